The molecule has 3 rings (SSSR count). The number of hydrogen-bond acceptors (Lipinski definition) is 4. The molecule has 128 valence electrons. The summed E-state index contributed by atoms with van der Waals surface area (Å²) < 4.78 is 1.89. The second-order valence-electron chi connectivity index (χ2n) is 5.80. The first-order valence-electron chi connectivity index (χ1n) is 8.05. The summed E-state index contributed by atoms with van der Waals surface area (Å²) in [7, 11) is 0. The summed E-state index contributed by atoms with van der Waals surface area (Å²) in [6.07, 6.45) is 0.533. The van der Waals surface area contributed by atoms with E-state index in [0.717, 1.165) is 16.0 Å². The molecule has 1 aromatic heterocycles. The molecule has 1 heterocycles. The van der Waals surface area contributed by atoms with Crippen LogP contribution in [0.5, 0.6) is 5.75 Å². The molecule has 6 heteroatoms. The highest BCUT2D eigenvalue weighted by Crippen LogP contribution is 2.22. The fraction of sp³-hybridized carbons (Fsp3) is 0.211. The number of nitrogens with zero attached hydrogens (tertiary/aromatic N) is 3. The Balaban J connectivity index is 1.97. The van der Waals surface area contributed by atoms with Crippen molar-refractivity contribution in [3.8, 4) is 5.75 Å². The number of imide groups is 1. The van der Waals surface area contributed by atoms with E-state index in [1.54, 1.807) is 30.3 Å². The van der Waals surface area contributed by atoms with Gasteiger partial charge in [0, 0.05) is 18.2 Å². The number of imidazole rings is 1. The van der Waals surface area contributed by atoms with Crippen molar-refractivity contribution in [2.45, 2.75) is 26.9 Å². The lowest BCUT2D eigenvalue weighted by molar-refractivity contribution is -0.116. The zero-order valence-electron chi connectivity index (χ0n) is 14.1. The molecule has 1 N–H and O–H groups in total. The summed E-state index contributed by atoms with van der Waals surface area (Å²) in [4.78, 5) is 29.9. The minimum atomic E-state index is -0.356. The maximum Gasteiger partial charge on any atom is 0.260 e. The van der Waals surface area contributed by atoms with Crippen LogP contribution < -0.4 is 0 Å². The second kappa shape index (κ2) is 6.76. The molecular formula is C19H19N3O3. The quantitative estimate of drug-likeness (QED) is 0.727. The van der Waals surface area contributed by atoms with Crippen molar-refractivity contribution in [3.05, 3.63) is 59.4 Å². The summed E-state index contributed by atoms with van der Waals surface area (Å²) in [6.45, 7) is 4.46. The minimum absolute atomic E-state index is 0.0694. The Hall–Kier alpha value is -3.15. The Morgan fingerprint density at radius 3 is 2.72 bits per heavy atom. The van der Waals surface area contributed by atoms with Gasteiger partial charge in [0.2, 0.25) is 6.41 Å². The number of aryl methyl sites for hydroxylation is 2. The predicted molar refractivity (Wildman–Crippen MR) is 94.2 cm³/mol. The van der Waals surface area contributed by atoms with Crippen LogP contribution in [0, 0.1) is 6.92 Å². The molecular weight excluding hydrogens is 318 g/mol. The molecule has 0 aliphatic carbocycles. The van der Waals surface area contributed by atoms with E-state index in [0.29, 0.717) is 29.9 Å². The van der Waals surface area contributed by atoms with Crippen molar-refractivity contribution in [1.29, 1.82) is 0 Å². The van der Waals surface area contributed by atoms with Crippen molar-refractivity contribution >= 4 is 23.4 Å². The Morgan fingerprint density at radius 2 is 2.04 bits per heavy atom. The highest BCUT2D eigenvalue weighted by molar-refractivity contribution is 6.00. The van der Waals surface area contributed by atoms with Gasteiger partial charge in [0.15, 0.2) is 0 Å². The molecule has 2 aromatic carbocycles. The van der Waals surface area contributed by atoms with E-state index in [1.807, 2.05) is 30.5 Å². The van der Waals surface area contributed by atoms with Gasteiger partial charge in [-0.3, -0.25) is 14.5 Å². The smallest absolute Gasteiger partial charge is 0.260 e. The Bertz CT molecular complexity index is 946. The molecule has 0 saturated heterocycles. The molecule has 0 bridgehead atoms. The average molecular weight is 337 g/mol. The third kappa shape index (κ3) is 3.10. The molecule has 0 unspecified atom stereocenters. The fourth-order valence-corrected chi connectivity index (χ4v) is 2.91. The third-order valence-electron chi connectivity index (χ3n) is 4.20. The second-order valence-corrected chi connectivity index (χ2v) is 5.80. The zero-order valence-corrected chi connectivity index (χ0v) is 14.1. The molecule has 0 fully saturated rings. The molecule has 6 nitrogen and oxygen atoms in total. The van der Waals surface area contributed by atoms with Crippen molar-refractivity contribution in [2.75, 3.05) is 0 Å². The zero-order chi connectivity index (χ0) is 18.0. The van der Waals surface area contributed by atoms with Crippen LogP contribution in [0.25, 0.3) is 11.0 Å². The van der Waals surface area contributed by atoms with Gasteiger partial charge in [-0.25, -0.2) is 4.98 Å². The molecule has 3 aromatic rings. The number of carbonyl (C=O) groups excluding carboxylic acids is 2. The maximum absolute atomic E-state index is 12.7. The number of benzene rings is 2. The monoisotopic (exact) mass is 337 g/mol. The summed E-state index contributed by atoms with van der Waals surface area (Å²) >= 11 is 0. The number of phenols is 1. The Morgan fingerprint density at radius 1 is 1.28 bits per heavy atom. The van der Waals surface area contributed by atoms with Crippen LogP contribution in [0.2, 0.25) is 0 Å². The van der Waals surface area contributed by atoms with Crippen LogP contribution in [-0.4, -0.2) is 31.9 Å². The Labute approximate surface area is 145 Å². The van der Waals surface area contributed by atoms with Crippen LogP contribution in [0.15, 0.2) is 42.5 Å². The molecule has 2 amide bonds. The lowest BCUT2D eigenvalue weighted by Gasteiger charge is -2.17. The first kappa shape index (κ1) is 16.7. The summed E-state index contributed by atoms with van der Waals surface area (Å²) in [5.74, 6) is 0.389. The van der Waals surface area contributed by atoms with E-state index in [-0.39, 0.29) is 18.2 Å². The number of aromatic hydroxyl groups is 1. The molecule has 0 aliphatic rings. The minimum Gasteiger partial charge on any atom is -0.508 e. The van der Waals surface area contributed by atoms with Gasteiger partial charge >= 0.3 is 0 Å². The van der Waals surface area contributed by atoms with Crippen LogP contribution in [0.3, 0.4) is 0 Å². The van der Waals surface area contributed by atoms with Crippen LogP contribution in [0.4, 0.5) is 0 Å². The molecule has 25 heavy (non-hydrogen) atoms. The fourth-order valence-electron chi connectivity index (χ4n) is 2.91. The topological polar surface area (TPSA) is 75.4 Å². The van der Waals surface area contributed by atoms with E-state index in [4.69, 9.17) is 0 Å². The summed E-state index contributed by atoms with van der Waals surface area (Å²) in [5.41, 5.74) is 2.79. The van der Waals surface area contributed by atoms with E-state index in [1.165, 1.54) is 0 Å². The van der Waals surface area contributed by atoms with E-state index >= 15 is 0 Å². The van der Waals surface area contributed by atoms with Crippen molar-refractivity contribution < 1.29 is 14.7 Å². The van der Waals surface area contributed by atoms with Gasteiger partial charge in [0.1, 0.15) is 11.6 Å². The number of phenolic OH excluding ortho intramolecular Hbond substituents is 1. The largest absolute Gasteiger partial charge is 0.508 e. The average Bonchev–Trinajstić information content (AvgIpc) is 2.95. The summed E-state index contributed by atoms with van der Waals surface area (Å²) in [6, 6.07) is 12.1. The SMILES string of the molecule is CCn1c(CN(C=O)C(=O)c2ccccc2C)nc2ccc(O)cc21. The van der Waals surface area contributed by atoms with Gasteiger partial charge in [-0.05, 0) is 37.6 Å². The normalized spacial score (nSPS) is 10.8. The van der Waals surface area contributed by atoms with Crippen LogP contribution >= 0.6 is 0 Å². The van der Waals surface area contributed by atoms with Gasteiger partial charge < -0.3 is 9.67 Å². The van der Waals surface area contributed by atoms with Crippen molar-refractivity contribution in [3.63, 3.8) is 0 Å². The first-order chi connectivity index (χ1) is 12.0. The number of carbonyl (C=O) groups is 2. The molecule has 0 radical (unpaired) electrons. The van der Waals surface area contributed by atoms with E-state index < -0.39 is 0 Å². The number of amides is 2. The number of fused-ring (bicyclic) bond motifs is 1. The van der Waals surface area contributed by atoms with Crippen molar-refractivity contribution in [2.24, 2.45) is 0 Å². The highest BCUT2D eigenvalue weighted by atomic mass is 16.3. The van der Waals surface area contributed by atoms with Crippen LogP contribution in [0.1, 0.15) is 28.7 Å². The van der Waals surface area contributed by atoms with Gasteiger partial charge in [-0.2, -0.15) is 0 Å². The van der Waals surface area contributed by atoms with Gasteiger partial charge in [0.05, 0.1) is 17.6 Å². The number of hydrogen-bond donors (Lipinski definition) is 1. The van der Waals surface area contributed by atoms with Gasteiger partial charge in [-0.1, -0.05) is 18.2 Å². The lowest BCUT2D eigenvalue weighted by Crippen LogP contribution is -2.31. The van der Waals surface area contributed by atoms with Crippen molar-refractivity contribution in [1.82, 2.24) is 14.5 Å². The van der Waals surface area contributed by atoms with Gasteiger partial charge in [0.25, 0.3) is 5.91 Å². The van der Waals surface area contributed by atoms with E-state index in [9.17, 15) is 14.7 Å². The van der Waals surface area contributed by atoms with Gasteiger partial charge in [-0.15, -0.1) is 0 Å². The lowest BCUT2D eigenvalue weighted by atomic mass is 10.1. The van der Waals surface area contributed by atoms with E-state index in [2.05, 4.69) is 4.98 Å². The molecule has 0 saturated carbocycles. The predicted octanol–water partition coefficient (Wildman–Crippen LogP) is 2.87. The molecule has 0 atom stereocenters. The number of rotatable bonds is 5. The standard InChI is InChI=1S/C19H19N3O3/c1-3-22-17-10-14(24)8-9-16(17)20-18(22)11-21(12-23)19(25)15-7-5-4-6-13(15)2/h4-10,12,24H,3,11H2,1-2H3. The first-order valence-corrected chi connectivity index (χ1v) is 8.05. The Kier molecular flexibility index (Phi) is 4.52. The third-order valence-corrected chi connectivity index (χ3v) is 4.20. The highest BCUT2D eigenvalue weighted by Gasteiger charge is 2.20. The molecule has 0 aliphatic heterocycles. The molecule has 0 spiro atoms. The number of aromatic nitrogens is 2. The maximum atomic E-state index is 12.7. The summed E-state index contributed by atoms with van der Waals surface area (Å²) in [5, 5.41) is 9.69. The van der Waals surface area contributed by atoms with Crippen LogP contribution in [-0.2, 0) is 17.9 Å².